The molecule has 1 atom stereocenters. The molecule has 0 saturated carbocycles. The predicted octanol–water partition coefficient (Wildman–Crippen LogP) is 1.51. The smallest absolute Gasteiger partial charge is 0.0494 e. The van der Waals surface area contributed by atoms with Crippen LogP contribution in [0, 0.1) is 12.8 Å². The number of ether oxygens (including phenoxy) is 1. The summed E-state index contributed by atoms with van der Waals surface area (Å²) in [6.07, 6.45) is 3.25. The van der Waals surface area contributed by atoms with Crippen LogP contribution in [-0.2, 0) is 4.74 Å². The van der Waals surface area contributed by atoms with E-state index in [1.54, 1.807) is 0 Å². The van der Waals surface area contributed by atoms with Gasteiger partial charge in [0.1, 0.15) is 0 Å². The Labute approximate surface area is 51.0 Å². The minimum atomic E-state index is 0.642. The maximum absolute atomic E-state index is 5.42. The molecule has 8 heavy (non-hydrogen) atoms. The van der Waals surface area contributed by atoms with Crippen LogP contribution >= 0.6 is 0 Å². The molecule has 0 aromatic heterocycles. The average molecular weight is 112 g/mol. The van der Waals surface area contributed by atoms with Crippen molar-refractivity contribution in [1.82, 2.24) is 0 Å². The quantitative estimate of drug-likeness (QED) is 0.499. The first-order valence-electron chi connectivity index (χ1n) is 3.21. The molecule has 0 aliphatic carbocycles. The molecule has 46 valence electrons. The molecule has 0 aromatic rings. The Morgan fingerprint density at radius 3 is 2.88 bits per heavy atom. The van der Waals surface area contributed by atoms with Gasteiger partial charge in [-0.15, -0.1) is 0 Å². The third-order valence-electron chi connectivity index (χ3n) is 1.59. The summed E-state index contributed by atoms with van der Waals surface area (Å²) in [6, 6.07) is 0. The highest BCUT2D eigenvalue weighted by molar-refractivity contribution is 4.63. The van der Waals surface area contributed by atoms with Crippen molar-refractivity contribution in [3.8, 4) is 0 Å². The van der Waals surface area contributed by atoms with E-state index < -0.39 is 0 Å². The molecule has 2 radical (unpaired) electrons. The van der Waals surface area contributed by atoms with E-state index in [4.69, 9.17) is 11.7 Å². The number of hydrogen-bond acceptors (Lipinski definition) is 1. The highest BCUT2D eigenvalue weighted by Gasteiger charge is 2.10. The van der Waals surface area contributed by atoms with Gasteiger partial charge < -0.3 is 4.74 Å². The molecular formula is C7H12O. The number of hydrogen-bond donors (Lipinski definition) is 0. The molecule has 1 heteroatoms. The van der Waals surface area contributed by atoms with Gasteiger partial charge in [-0.05, 0) is 32.1 Å². The lowest BCUT2D eigenvalue weighted by Gasteiger charge is -2.19. The molecule has 1 aliphatic rings. The Morgan fingerprint density at radius 1 is 1.62 bits per heavy atom. The van der Waals surface area contributed by atoms with Crippen molar-refractivity contribution in [1.29, 1.82) is 0 Å². The minimum absolute atomic E-state index is 0.642. The van der Waals surface area contributed by atoms with E-state index in [-0.39, 0.29) is 0 Å². The first-order chi connectivity index (χ1) is 3.93. The fraction of sp³-hybridized carbons (Fsp3) is 0.857. The molecule has 1 aliphatic heterocycles. The van der Waals surface area contributed by atoms with Crippen LogP contribution in [0.25, 0.3) is 0 Å². The Bertz CT molecular complexity index is 55.4. The average Bonchev–Trinajstić information content (AvgIpc) is 1.90. The molecule has 1 unspecified atom stereocenters. The van der Waals surface area contributed by atoms with Gasteiger partial charge in [0.05, 0.1) is 0 Å². The van der Waals surface area contributed by atoms with Crippen LogP contribution in [0.2, 0.25) is 0 Å². The SMILES string of the molecule is [CH]CC1CCCOC1. The lowest BCUT2D eigenvalue weighted by molar-refractivity contribution is 0.0557. The monoisotopic (exact) mass is 112 g/mol. The summed E-state index contributed by atoms with van der Waals surface area (Å²) in [4.78, 5) is 0. The Morgan fingerprint density at radius 2 is 2.50 bits per heavy atom. The van der Waals surface area contributed by atoms with Crippen molar-refractivity contribution in [2.24, 2.45) is 5.92 Å². The molecule has 1 saturated heterocycles. The second-order valence-electron chi connectivity index (χ2n) is 2.32. The zero-order chi connectivity index (χ0) is 5.82. The molecule has 1 fully saturated rings. The van der Waals surface area contributed by atoms with E-state index in [1.165, 1.54) is 12.8 Å². The van der Waals surface area contributed by atoms with E-state index in [0.717, 1.165) is 19.6 Å². The molecule has 0 amide bonds. The zero-order valence-electron chi connectivity index (χ0n) is 5.10. The summed E-state index contributed by atoms with van der Waals surface area (Å²) in [6.45, 7) is 7.25. The van der Waals surface area contributed by atoms with E-state index in [9.17, 15) is 0 Å². The van der Waals surface area contributed by atoms with Crippen LogP contribution in [0.1, 0.15) is 19.3 Å². The molecular weight excluding hydrogens is 100 g/mol. The molecule has 1 heterocycles. The molecule has 0 spiro atoms. The van der Waals surface area contributed by atoms with Crippen molar-refractivity contribution in [3.63, 3.8) is 0 Å². The molecule has 1 rings (SSSR count). The van der Waals surface area contributed by atoms with Gasteiger partial charge in [-0.3, -0.25) is 0 Å². The minimum Gasteiger partial charge on any atom is -0.381 e. The highest BCUT2D eigenvalue weighted by Crippen LogP contribution is 2.15. The second kappa shape index (κ2) is 3.08. The fourth-order valence-corrected chi connectivity index (χ4v) is 0.993. The van der Waals surface area contributed by atoms with Crippen molar-refractivity contribution >= 4 is 0 Å². The standard InChI is InChI=1S/C7H12O/c1-2-7-4-3-5-8-6-7/h1,7H,2-6H2. The van der Waals surface area contributed by atoms with Crippen LogP contribution in [0.5, 0.6) is 0 Å². The van der Waals surface area contributed by atoms with E-state index >= 15 is 0 Å². The largest absolute Gasteiger partial charge is 0.381 e. The Hall–Kier alpha value is -0.0400. The van der Waals surface area contributed by atoms with Crippen LogP contribution in [0.15, 0.2) is 0 Å². The third-order valence-corrected chi connectivity index (χ3v) is 1.59. The van der Waals surface area contributed by atoms with Gasteiger partial charge in [-0.25, -0.2) is 0 Å². The zero-order valence-corrected chi connectivity index (χ0v) is 5.10. The summed E-state index contributed by atoms with van der Waals surface area (Å²) in [5, 5.41) is 0. The predicted molar refractivity (Wildman–Crippen MR) is 32.5 cm³/mol. The second-order valence-corrected chi connectivity index (χ2v) is 2.32. The van der Waals surface area contributed by atoms with Crippen molar-refractivity contribution in [3.05, 3.63) is 6.92 Å². The summed E-state index contributed by atoms with van der Waals surface area (Å²) in [7, 11) is 0. The summed E-state index contributed by atoms with van der Waals surface area (Å²) in [5.41, 5.74) is 0. The van der Waals surface area contributed by atoms with Crippen LogP contribution < -0.4 is 0 Å². The molecule has 0 N–H and O–H groups in total. The van der Waals surface area contributed by atoms with Crippen molar-refractivity contribution in [2.75, 3.05) is 13.2 Å². The maximum atomic E-state index is 5.42. The van der Waals surface area contributed by atoms with Gasteiger partial charge in [0, 0.05) is 13.2 Å². The van der Waals surface area contributed by atoms with Crippen LogP contribution in [0.3, 0.4) is 0 Å². The normalized spacial score (nSPS) is 30.4. The fourth-order valence-electron chi connectivity index (χ4n) is 0.993. The highest BCUT2D eigenvalue weighted by atomic mass is 16.5. The van der Waals surface area contributed by atoms with E-state index in [0.29, 0.717) is 5.92 Å². The summed E-state index contributed by atoms with van der Waals surface area (Å²) >= 11 is 0. The third kappa shape index (κ3) is 1.48. The first-order valence-corrected chi connectivity index (χ1v) is 3.21. The van der Waals surface area contributed by atoms with Gasteiger partial charge in [-0.1, -0.05) is 0 Å². The Balaban J connectivity index is 2.13. The van der Waals surface area contributed by atoms with Crippen molar-refractivity contribution in [2.45, 2.75) is 19.3 Å². The van der Waals surface area contributed by atoms with Crippen LogP contribution in [-0.4, -0.2) is 13.2 Å². The molecule has 1 nitrogen and oxygen atoms in total. The molecule has 0 aromatic carbocycles. The molecule has 0 bridgehead atoms. The van der Waals surface area contributed by atoms with Gasteiger partial charge in [0.15, 0.2) is 0 Å². The summed E-state index contributed by atoms with van der Waals surface area (Å²) < 4.78 is 5.19. The van der Waals surface area contributed by atoms with Crippen LogP contribution in [0.4, 0.5) is 0 Å². The Kier molecular flexibility index (Phi) is 2.34. The van der Waals surface area contributed by atoms with Gasteiger partial charge >= 0.3 is 0 Å². The van der Waals surface area contributed by atoms with Gasteiger partial charge in [0.25, 0.3) is 0 Å². The van der Waals surface area contributed by atoms with Gasteiger partial charge in [-0.2, -0.15) is 0 Å². The number of rotatable bonds is 1. The van der Waals surface area contributed by atoms with E-state index in [2.05, 4.69) is 0 Å². The first kappa shape index (κ1) is 6.09. The van der Waals surface area contributed by atoms with Gasteiger partial charge in [0.2, 0.25) is 0 Å². The lowest BCUT2D eigenvalue weighted by Crippen LogP contribution is -2.15. The maximum Gasteiger partial charge on any atom is 0.0494 e. The topological polar surface area (TPSA) is 9.23 Å². The summed E-state index contributed by atoms with van der Waals surface area (Å²) in [5.74, 6) is 0.642. The van der Waals surface area contributed by atoms with E-state index in [1.807, 2.05) is 0 Å². The van der Waals surface area contributed by atoms with Crippen molar-refractivity contribution < 1.29 is 4.74 Å². The lowest BCUT2D eigenvalue weighted by atomic mass is 10.0.